The van der Waals surface area contributed by atoms with Crippen molar-refractivity contribution >= 4 is 5.91 Å². The second-order valence-corrected chi connectivity index (χ2v) is 5.89. The van der Waals surface area contributed by atoms with E-state index in [0.29, 0.717) is 12.5 Å². The summed E-state index contributed by atoms with van der Waals surface area (Å²) in [6.45, 7) is 4.98. The highest BCUT2D eigenvalue weighted by atomic mass is 16.5. The van der Waals surface area contributed by atoms with Gasteiger partial charge in [0.05, 0.1) is 12.5 Å². The molecule has 0 aliphatic rings. The van der Waals surface area contributed by atoms with Crippen LogP contribution in [0, 0.1) is 5.92 Å². The van der Waals surface area contributed by atoms with Crippen molar-refractivity contribution < 1.29 is 14.7 Å². The number of benzene rings is 2. The van der Waals surface area contributed by atoms with E-state index in [9.17, 15) is 4.79 Å². The average molecular weight is 327 g/mol. The molecule has 128 valence electrons. The molecule has 0 radical (unpaired) electrons. The Bertz CT molecular complexity index is 638. The van der Waals surface area contributed by atoms with E-state index in [4.69, 9.17) is 9.94 Å². The molecule has 1 amide bonds. The largest absolute Gasteiger partial charge is 0.493 e. The maximum atomic E-state index is 12.2. The predicted molar refractivity (Wildman–Crippen MR) is 94.2 cm³/mol. The molecule has 0 aromatic heterocycles. The SMILES string of the molecule is CCC(CC)COc1cccc(C(C(=O)NO)c2ccccc2)c1. The van der Waals surface area contributed by atoms with E-state index < -0.39 is 11.8 Å². The van der Waals surface area contributed by atoms with Gasteiger partial charge in [-0.25, -0.2) is 5.48 Å². The van der Waals surface area contributed by atoms with Gasteiger partial charge in [-0.05, 0) is 29.2 Å². The van der Waals surface area contributed by atoms with Crippen molar-refractivity contribution in [3.05, 3.63) is 65.7 Å². The fourth-order valence-corrected chi connectivity index (χ4v) is 2.73. The van der Waals surface area contributed by atoms with Crippen molar-refractivity contribution in [2.45, 2.75) is 32.6 Å². The minimum Gasteiger partial charge on any atom is -0.493 e. The maximum Gasteiger partial charge on any atom is 0.255 e. The molecule has 2 aromatic rings. The highest BCUT2D eigenvalue weighted by molar-refractivity contribution is 5.86. The summed E-state index contributed by atoms with van der Waals surface area (Å²) in [5, 5.41) is 9.11. The summed E-state index contributed by atoms with van der Waals surface area (Å²) in [7, 11) is 0. The molecule has 0 bridgehead atoms. The highest BCUT2D eigenvalue weighted by Gasteiger charge is 2.22. The number of amides is 1. The van der Waals surface area contributed by atoms with Gasteiger partial charge in [0.1, 0.15) is 5.75 Å². The minimum absolute atomic E-state index is 0.460. The lowest BCUT2D eigenvalue weighted by Crippen LogP contribution is -2.27. The van der Waals surface area contributed by atoms with Crippen LogP contribution in [0.1, 0.15) is 43.7 Å². The summed E-state index contributed by atoms with van der Waals surface area (Å²) in [5.41, 5.74) is 3.38. The van der Waals surface area contributed by atoms with Gasteiger partial charge in [-0.15, -0.1) is 0 Å². The molecule has 0 fully saturated rings. The smallest absolute Gasteiger partial charge is 0.255 e. The maximum absolute atomic E-state index is 12.2. The summed E-state index contributed by atoms with van der Waals surface area (Å²) in [6, 6.07) is 16.9. The van der Waals surface area contributed by atoms with Crippen LogP contribution >= 0.6 is 0 Å². The van der Waals surface area contributed by atoms with E-state index >= 15 is 0 Å². The zero-order chi connectivity index (χ0) is 17.4. The van der Waals surface area contributed by atoms with Crippen molar-refractivity contribution in [2.24, 2.45) is 5.92 Å². The molecule has 4 heteroatoms. The van der Waals surface area contributed by atoms with Crippen LogP contribution in [0.4, 0.5) is 0 Å². The summed E-state index contributed by atoms with van der Waals surface area (Å²) in [6.07, 6.45) is 2.16. The Kier molecular flexibility index (Phi) is 6.82. The molecule has 0 saturated heterocycles. The van der Waals surface area contributed by atoms with E-state index in [1.165, 1.54) is 0 Å². The van der Waals surface area contributed by atoms with Crippen LogP contribution in [-0.4, -0.2) is 17.7 Å². The van der Waals surface area contributed by atoms with Crippen LogP contribution in [0.2, 0.25) is 0 Å². The van der Waals surface area contributed by atoms with Gasteiger partial charge in [0.2, 0.25) is 0 Å². The van der Waals surface area contributed by atoms with E-state index in [1.54, 1.807) is 5.48 Å². The number of hydroxylamine groups is 1. The average Bonchev–Trinajstić information content (AvgIpc) is 2.64. The van der Waals surface area contributed by atoms with E-state index in [-0.39, 0.29) is 0 Å². The van der Waals surface area contributed by atoms with Gasteiger partial charge >= 0.3 is 0 Å². The number of rotatable bonds is 8. The van der Waals surface area contributed by atoms with Crippen LogP contribution in [0.3, 0.4) is 0 Å². The Hall–Kier alpha value is -2.33. The molecule has 0 saturated carbocycles. The van der Waals surface area contributed by atoms with Gasteiger partial charge in [0, 0.05) is 0 Å². The summed E-state index contributed by atoms with van der Waals surface area (Å²) < 4.78 is 5.90. The molecule has 1 atom stereocenters. The summed E-state index contributed by atoms with van der Waals surface area (Å²) >= 11 is 0. The van der Waals surface area contributed by atoms with Crippen LogP contribution in [0.25, 0.3) is 0 Å². The Balaban J connectivity index is 2.24. The van der Waals surface area contributed by atoms with Crippen LogP contribution in [0.5, 0.6) is 5.75 Å². The Morgan fingerprint density at radius 2 is 1.71 bits per heavy atom. The lowest BCUT2D eigenvalue weighted by molar-refractivity contribution is -0.129. The van der Waals surface area contributed by atoms with Crippen LogP contribution in [0.15, 0.2) is 54.6 Å². The molecule has 0 aliphatic heterocycles. The van der Waals surface area contributed by atoms with Crippen LogP contribution in [-0.2, 0) is 4.79 Å². The molecule has 4 nitrogen and oxygen atoms in total. The highest BCUT2D eigenvalue weighted by Crippen LogP contribution is 2.28. The van der Waals surface area contributed by atoms with Gasteiger partial charge in [0.15, 0.2) is 0 Å². The van der Waals surface area contributed by atoms with Gasteiger partial charge in [-0.1, -0.05) is 69.2 Å². The van der Waals surface area contributed by atoms with Crippen molar-refractivity contribution in [2.75, 3.05) is 6.61 Å². The minimum atomic E-state index is -0.576. The van der Waals surface area contributed by atoms with Crippen molar-refractivity contribution in [3.8, 4) is 5.75 Å². The standard InChI is InChI=1S/C20H25NO3/c1-3-15(4-2)14-24-18-12-8-11-17(13-18)19(20(22)21-23)16-9-6-5-7-10-16/h5-13,15,19,23H,3-4,14H2,1-2H3,(H,21,22). The van der Waals surface area contributed by atoms with Gasteiger partial charge in [-0.3, -0.25) is 10.0 Å². The molecule has 24 heavy (non-hydrogen) atoms. The summed E-state index contributed by atoms with van der Waals surface area (Å²) in [5.74, 6) is 0.233. The fourth-order valence-electron chi connectivity index (χ4n) is 2.73. The monoisotopic (exact) mass is 327 g/mol. The molecule has 1 unspecified atom stereocenters. The molecule has 0 spiro atoms. The van der Waals surface area contributed by atoms with Gasteiger partial charge < -0.3 is 4.74 Å². The summed E-state index contributed by atoms with van der Waals surface area (Å²) in [4.78, 5) is 12.2. The number of carbonyl (C=O) groups is 1. The zero-order valence-corrected chi connectivity index (χ0v) is 14.2. The molecular weight excluding hydrogens is 302 g/mol. The van der Waals surface area contributed by atoms with E-state index in [0.717, 1.165) is 29.7 Å². The lowest BCUT2D eigenvalue weighted by atomic mass is 9.90. The van der Waals surface area contributed by atoms with E-state index in [2.05, 4.69) is 13.8 Å². The van der Waals surface area contributed by atoms with Gasteiger partial charge in [-0.2, -0.15) is 0 Å². The second-order valence-electron chi connectivity index (χ2n) is 5.89. The third kappa shape index (κ3) is 4.59. The number of hydrogen-bond acceptors (Lipinski definition) is 3. The molecule has 0 heterocycles. The fraction of sp³-hybridized carbons (Fsp3) is 0.350. The van der Waals surface area contributed by atoms with Crippen molar-refractivity contribution in [1.82, 2.24) is 5.48 Å². The first-order valence-electron chi connectivity index (χ1n) is 8.41. The predicted octanol–water partition coefficient (Wildman–Crippen LogP) is 4.14. The molecule has 2 aromatic carbocycles. The first-order chi connectivity index (χ1) is 11.7. The Morgan fingerprint density at radius 3 is 2.33 bits per heavy atom. The van der Waals surface area contributed by atoms with Crippen LogP contribution < -0.4 is 10.2 Å². The topological polar surface area (TPSA) is 58.6 Å². The Labute approximate surface area is 143 Å². The lowest BCUT2D eigenvalue weighted by Gasteiger charge is -2.18. The molecule has 2 rings (SSSR count). The van der Waals surface area contributed by atoms with Crippen molar-refractivity contribution in [1.29, 1.82) is 0 Å². The zero-order valence-electron chi connectivity index (χ0n) is 14.2. The first-order valence-corrected chi connectivity index (χ1v) is 8.41. The third-order valence-electron chi connectivity index (χ3n) is 4.34. The Morgan fingerprint density at radius 1 is 1.04 bits per heavy atom. The van der Waals surface area contributed by atoms with Crippen molar-refractivity contribution in [3.63, 3.8) is 0 Å². The normalized spacial score (nSPS) is 12.0. The molecule has 0 aliphatic carbocycles. The number of carbonyl (C=O) groups excluding carboxylic acids is 1. The number of nitrogens with one attached hydrogen (secondary N) is 1. The first kappa shape index (κ1) is 18.0. The number of ether oxygens (including phenoxy) is 1. The molecular formula is C20H25NO3. The van der Waals surface area contributed by atoms with E-state index in [1.807, 2.05) is 54.6 Å². The molecule has 2 N–H and O–H groups in total. The second kappa shape index (κ2) is 9.08. The third-order valence-corrected chi connectivity index (χ3v) is 4.34. The number of hydrogen-bond donors (Lipinski definition) is 2. The quantitative estimate of drug-likeness (QED) is 0.566. The van der Waals surface area contributed by atoms with Gasteiger partial charge in [0.25, 0.3) is 5.91 Å².